The van der Waals surface area contributed by atoms with Crippen LogP contribution in [-0.2, 0) is 0 Å². The summed E-state index contributed by atoms with van der Waals surface area (Å²) in [6.07, 6.45) is 1.26. The molecule has 0 aliphatic carbocycles. The molecule has 0 saturated carbocycles. The average molecular weight is 283 g/mol. The Hall–Kier alpha value is -0.300. The molecule has 90 valence electrons. The first-order valence-corrected chi connectivity index (χ1v) is 7.32. The lowest BCUT2D eigenvalue weighted by Gasteiger charge is -2.17. The number of halogens is 1. The van der Waals surface area contributed by atoms with Gasteiger partial charge in [0.05, 0.1) is 0 Å². The minimum Gasteiger partial charge on any atom is -0.0921 e. The Morgan fingerprint density at radius 3 is 1.81 bits per heavy atom. The fourth-order valence-corrected chi connectivity index (χ4v) is 2.65. The average Bonchev–Trinajstić information content (AvgIpc) is 2.25. The molecule has 0 heterocycles. The third-order valence-electron chi connectivity index (χ3n) is 3.02. The van der Waals surface area contributed by atoms with E-state index in [1.54, 1.807) is 0 Å². The Kier molecular flexibility index (Phi) is 5.54. The van der Waals surface area contributed by atoms with Crippen LogP contribution in [0.5, 0.6) is 0 Å². The molecule has 0 fully saturated rings. The molecule has 0 bridgehead atoms. The van der Waals surface area contributed by atoms with Crippen LogP contribution in [0, 0.1) is 5.92 Å². The third-order valence-corrected chi connectivity index (χ3v) is 3.80. The summed E-state index contributed by atoms with van der Waals surface area (Å²) in [5.41, 5.74) is 2.90. The molecule has 0 radical (unpaired) electrons. The van der Waals surface area contributed by atoms with E-state index in [1.807, 2.05) is 0 Å². The van der Waals surface area contributed by atoms with Gasteiger partial charge >= 0.3 is 0 Å². The van der Waals surface area contributed by atoms with Crippen LogP contribution in [-0.4, -0.2) is 5.33 Å². The van der Waals surface area contributed by atoms with Crippen molar-refractivity contribution in [3.63, 3.8) is 0 Å². The molecule has 0 spiro atoms. The zero-order valence-electron chi connectivity index (χ0n) is 10.8. The van der Waals surface area contributed by atoms with Gasteiger partial charge in [0.2, 0.25) is 0 Å². The van der Waals surface area contributed by atoms with Crippen LogP contribution < -0.4 is 0 Å². The van der Waals surface area contributed by atoms with Gasteiger partial charge in [-0.05, 0) is 35.3 Å². The summed E-state index contributed by atoms with van der Waals surface area (Å²) in [5.74, 6) is 2.04. The molecule has 1 rings (SSSR count). The van der Waals surface area contributed by atoms with Gasteiger partial charge in [-0.1, -0.05) is 67.9 Å². The Balaban J connectivity index is 2.78. The lowest BCUT2D eigenvalue weighted by Crippen LogP contribution is -2.04. The monoisotopic (exact) mass is 282 g/mol. The van der Waals surface area contributed by atoms with Crippen molar-refractivity contribution in [1.82, 2.24) is 0 Å². The highest BCUT2D eigenvalue weighted by molar-refractivity contribution is 9.09. The van der Waals surface area contributed by atoms with Crippen LogP contribution in [0.2, 0.25) is 0 Å². The zero-order chi connectivity index (χ0) is 12.1. The molecular weight excluding hydrogens is 260 g/mol. The molecule has 0 saturated heterocycles. The Bertz CT molecular complexity index is 298. The van der Waals surface area contributed by atoms with Gasteiger partial charge in [-0.25, -0.2) is 0 Å². The van der Waals surface area contributed by atoms with Gasteiger partial charge in [0.1, 0.15) is 0 Å². The van der Waals surface area contributed by atoms with Crippen molar-refractivity contribution >= 4 is 15.9 Å². The van der Waals surface area contributed by atoms with Crippen LogP contribution in [0.3, 0.4) is 0 Å². The minimum absolute atomic E-state index is 0.626. The Morgan fingerprint density at radius 1 is 0.938 bits per heavy atom. The lowest BCUT2D eigenvalue weighted by atomic mass is 9.90. The van der Waals surface area contributed by atoms with Crippen molar-refractivity contribution in [3.8, 4) is 0 Å². The molecule has 0 nitrogen and oxygen atoms in total. The predicted octanol–water partition coefficient (Wildman–Crippen LogP) is 5.33. The maximum Gasteiger partial charge on any atom is 0.0100 e. The normalized spacial score (nSPS) is 13.4. The van der Waals surface area contributed by atoms with Crippen LogP contribution in [0.15, 0.2) is 24.3 Å². The highest BCUT2D eigenvalue weighted by Crippen LogP contribution is 2.27. The molecule has 1 unspecified atom stereocenters. The summed E-state index contributed by atoms with van der Waals surface area (Å²) in [6.45, 7) is 9.06. The van der Waals surface area contributed by atoms with Gasteiger partial charge in [-0.3, -0.25) is 0 Å². The maximum atomic E-state index is 3.63. The van der Waals surface area contributed by atoms with Crippen molar-refractivity contribution in [2.45, 2.75) is 46.0 Å². The van der Waals surface area contributed by atoms with E-state index in [4.69, 9.17) is 0 Å². The highest BCUT2D eigenvalue weighted by Gasteiger charge is 2.12. The van der Waals surface area contributed by atoms with Gasteiger partial charge in [0.15, 0.2) is 0 Å². The quantitative estimate of drug-likeness (QED) is 0.640. The van der Waals surface area contributed by atoms with Crippen LogP contribution in [0.1, 0.15) is 57.1 Å². The summed E-state index contributed by atoms with van der Waals surface area (Å²) in [7, 11) is 0. The van der Waals surface area contributed by atoms with Gasteiger partial charge < -0.3 is 0 Å². The van der Waals surface area contributed by atoms with E-state index in [0.717, 1.165) is 11.2 Å². The number of alkyl halides is 1. The molecule has 1 atom stereocenters. The summed E-state index contributed by atoms with van der Waals surface area (Å²) in [6, 6.07) is 9.14. The van der Waals surface area contributed by atoms with Crippen molar-refractivity contribution in [3.05, 3.63) is 35.4 Å². The molecule has 16 heavy (non-hydrogen) atoms. The van der Waals surface area contributed by atoms with Gasteiger partial charge in [0, 0.05) is 5.33 Å². The number of rotatable bonds is 5. The van der Waals surface area contributed by atoms with E-state index in [9.17, 15) is 0 Å². The van der Waals surface area contributed by atoms with E-state index in [-0.39, 0.29) is 0 Å². The first kappa shape index (κ1) is 13.8. The summed E-state index contributed by atoms with van der Waals surface area (Å²) in [4.78, 5) is 0. The first-order chi connectivity index (χ1) is 7.54. The smallest absolute Gasteiger partial charge is 0.0100 e. The molecular formula is C15H23Br. The molecule has 0 aromatic heterocycles. The summed E-state index contributed by atoms with van der Waals surface area (Å²) >= 11 is 3.63. The van der Waals surface area contributed by atoms with Crippen molar-refractivity contribution in [2.75, 3.05) is 5.33 Å². The Labute approximate surface area is 109 Å². The molecule has 0 N–H and O–H groups in total. The van der Waals surface area contributed by atoms with Crippen LogP contribution in [0.25, 0.3) is 0 Å². The van der Waals surface area contributed by atoms with Crippen molar-refractivity contribution in [2.24, 2.45) is 5.92 Å². The number of benzene rings is 1. The number of hydrogen-bond donors (Lipinski definition) is 0. The van der Waals surface area contributed by atoms with E-state index in [0.29, 0.717) is 11.8 Å². The van der Waals surface area contributed by atoms with Crippen LogP contribution >= 0.6 is 15.9 Å². The van der Waals surface area contributed by atoms with Crippen molar-refractivity contribution in [1.29, 1.82) is 0 Å². The van der Waals surface area contributed by atoms with E-state index < -0.39 is 0 Å². The number of hydrogen-bond acceptors (Lipinski definition) is 0. The maximum absolute atomic E-state index is 3.63. The van der Waals surface area contributed by atoms with Crippen LogP contribution in [0.4, 0.5) is 0 Å². The molecule has 1 heteroatoms. The van der Waals surface area contributed by atoms with E-state index >= 15 is 0 Å². The molecule has 0 amide bonds. The van der Waals surface area contributed by atoms with E-state index in [1.165, 1.54) is 17.5 Å². The van der Waals surface area contributed by atoms with E-state index in [2.05, 4.69) is 67.9 Å². The fourth-order valence-electron chi connectivity index (χ4n) is 2.01. The zero-order valence-corrected chi connectivity index (χ0v) is 12.4. The standard InChI is InChI=1S/C15H23Br/c1-11(2)9-15(10-16)14-7-5-13(6-8-14)12(3)4/h5-8,11-12,15H,9-10H2,1-4H3. The molecule has 0 aliphatic rings. The second-order valence-electron chi connectivity index (χ2n) is 5.30. The SMILES string of the molecule is CC(C)CC(CBr)c1ccc(C(C)C)cc1. The van der Waals surface area contributed by atoms with Gasteiger partial charge in [0.25, 0.3) is 0 Å². The lowest BCUT2D eigenvalue weighted by molar-refractivity contribution is 0.529. The van der Waals surface area contributed by atoms with Gasteiger partial charge in [-0.2, -0.15) is 0 Å². The second kappa shape index (κ2) is 6.44. The first-order valence-electron chi connectivity index (χ1n) is 6.20. The molecule has 1 aromatic carbocycles. The molecule has 0 aliphatic heterocycles. The minimum atomic E-state index is 0.626. The predicted molar refractivity (Wildman–Crippen MR) is 76.5 cm³/mol. The third kappa shape index (κ3) is 3.93. The van der Waals surface area contributed by atoms with Crippen molar-refractivity contribution < 1.29 is 0 Å². The topological polar surface area (TPSA) is 0 Å². The molecule has 1 aromatic rings. The van der Waals surface area contributed by atoms with Gasteiger partial charge in [-0.15, -0.1) is 0 Å². The highest BCUT2D eigenvalue weighted by atomic mass is 79.9. The summed E-state index contributed by atoms with van der Waals surface area (Å²) in [5, 5.41) is 1.06. The summed E-state index contributed by atoms with van der Waals surface area (Å²) < 4.78 is 0. The largest absolute Gasteiger partial charge is 0.0921 e. The fraction of sp³-hybridized carbons (Fsp3) is 0.600. The Morgan fingerprint density at radius 2 is 1.44 bits per heavy atom. The second-order valence-corrected chi connectivity index (χ2v) is 5.95.